The van der Waals surface area contributed by atoms with Gasteiger partial charge in [-0.15, -0.1) is 56.5 Å². The van der Waals surface area contributed by atoms with E-state index in [4.69, 9.17) is 15.3 Å². The standard InChI is InChI=1S/C31H38N2.C31H37N2.7C4H11Si.CH4.2Hf/c2*1-20(2)19-32-28-11-9-10-27(33-28)29-25-15-14-23(30(3,4)5)17-22(25)16-21-12-13-24(18-26(21)29)31(6,7)8;7*1-5(2,3)4;;;/h9-18,20H,19H2,1-8H3,(H,32,33);9-18,20H,19H2,1-8H3;7*1H2,2-4H3;1H4;;/q;8*-1;;;+4. The van der Waals surface area contributed by atoms with Gasteiger partial charge in [0.1, 0.15) is 5.82 Å². The van der Waals surface area contributed by atoms with E-state index in [1.165, 1.54) is 76.5 Å². The monoisotopic (exact) mass is 1860 g/mol. The Morgan fingerprint density at radius 3 is 0.894 bits per heavy atom. The van der Waals surface area contributed by atoms with Gasteiger partial charge in [0.15, 0.2) is 0 Å². The van der Waals surface area contributed by atoms with Crippen LogP contribution in [0.2, 0.25) is 137 Å². The van der Waals surface area contributed by atoms with E-state index < -0.39 is 56.5 Å². The maximum Gasteiger partial charge on any atom is 4.00 e. The first kappa shape index (κ1) is 108. The maximum atomic E-state index is 5.07. The third kappa shape index (κ3) is 52.6. The van der Waals surface area contributed by atoms with Gasteiger partial charge < -0.3 is 61.4 Å². The van der Waals surface area contributed by atoms with Crippen molar-refractivity contribution in [2.24, 2.45) is 11.8 Å². The number of pyridine rings is 2. The van der Waals surface area contributed by atoms with Crippen molar-refractivity contribution in [2.45, 2.75) is 277 Å². The van der Waals surface area contributed by atoms with Gasteiger partial charge in [-0.25, -0.2) is 4.98 Å². The molecule has 0 fully saturated rings. The van der Waals surface area contributed by atoms with Gasteiger partial charge >= 0.3 is 25.8 Å². The van der Waals surface area contributed by atoms with Crippen LogP contribution < -0.4 is 5.32 Å². The zero-order chi connectivity index (χ0) is 79.4. The molecule has 6 aromatic carbocycles. The summed E-state index contributed by atoms with van der Waals surface area (Å²) in [4.78, 5) is 10.1. The average molecular weight is 1860 g/mol. The molecular weight excluding hydrogens is 1700 g/mol. The number of rotatable bonds is 8. The summed E-state index contributed by atoms with van der Waals surface area (Å²) in [5.41, 5.74) is 10.2. The van der Waals surface area contributed by atoms with Crippen LogP contribution in [0.15, 0.2) is 121 Å². The molecule has 0 bridgehead atoms. The van der Waals surface area contributed by atoms with Crippen LogP contribution in [-0.4, -0.2) is 79.6 Å². The number of anilines is 1. The minimum absolute atomic E-state index is 0. The fraction of sp³-hybridized carbons (Fsp3) is 0.505. The van der Waals surface area contributed by atoms with Crippen LogP contribution in [0.25, 0.3) is 70.9 Å². The van der Waals surface area contributed by atoms with Crippen molar-refractivity contribution in [1.29, 1.82) is 0 Å². The second-order valence-electron chi connectivity index (χ2n) is 41.5. The van der Waals surface area contributed by atoms with Gasteiger partial charge in [0, 0.05) is 38.0 Å². The molecule has 580 valence electrons. The van der Waals surface area contributed by atoms with Crippen molar-refractivity contribution in [3.63, 3.8) is 0 Å². The Labute approximate surface area is 691 Å². The van der Waals surface area contributed by atoms with Crippen LogP contribution in [0.1, 0.15) is 140 Å². The molecule has 0 atom stereocenters. The number of fused-ring (bicyclic) bond motifs is 4. The van der Waals surface area contributed by atoms with Crippen LogP contribution in [-0.2, 0) is 73.3 Å². The Bertz CT molecular complexity index is 3410. The molecule has 2 heterocycles. The van der Waals surface area contributed by atoms with E-state index in [9.17, 15) is 0 Å². The minimum atomic E-state index is -0.861. The average Bonchev–Trinajstić information content (AvgIpc) is 0.754. The molecule has 0 unspecified atom stereocenters. The molecule has 0 aliphatic rings. The third-order valence-corrected chi connectivity index (χ3v) is 12.7. The van der Waals surface area contributed by atoms with Gasteiger partial charge in [-0.3, -0.25) is 0 Å². The van der Waals surface area contributed by atoms with Crippen molar-refractivity contribution in [1.82, 2.24) is 9.97 Å². The summed E-state index contributed by atoms with van der Waals surface area (Å²) in [6, 6.07) is 44.9. The molecule has 13 heteroatoms. The molecule has 8 aromatic rings. The summed E-state index contributed by atoms with van der Waals surface area (Å²) < 4.78 is 0. The molecule has 104 heavy (non-hydrogen) atoms. The minimum Gasteiger partial charge on any atom is -0.465 e. The quantitative estimate of drug-likeness (QED) is 0.0937. The largest absolute Gasteiger partial charge is 4.00 e. The topological polar surface area (TPSA) is 51.9 Å². The van der Waals surface area contributed by atoms with Crippen LogP contribution in [0, 0.1) is 57.7 Å². The van der Waals surface area contributed by atoms with E-state index in [-0.39, 0.29) is 80.8 Å². The van der Waals surface area contributed by atoms with Gasteiger partial charge in [-0.1, -0.05) is 346 Å². The van der Waals surface area contributed by atoms with E-state index in [1.807, 2.05) is 6.07 Å². The Morgan fingerprint density at radius 1 is 0.346 bits per heavy atom. The Morgan fingerprint density at radius 2 is 0.615 bits per heavy atom. The number of benzene rings is 6. The fourth-order valence-corrected chi connectivity index (χ4v) is 8.57. The summed E-state index contributed by atoms with van der Waals surface area (Å²) in [5.74, 6) is 2.83. The summed E-state index contributed by atoms with van der Waals surface area (Å²) in [6.45, 7) is 112. The maximum absolute atomic E-state index is 5.07. The van der Waals surface area contributed by atoms with Gasteiger partial charge in [-0.05, 0) is 153 Å². The molecule has 2 aromatic heterocycles. The molecule has 8 rings (SSSR count). The van der Waals surface area contributed by atoms with Gasteiger partial charge in [0.05, 0.1) is 5.69 Å². The Hall–Kier alpha value is -2.48. The van der Waals surface area contributed by atoms with Crippen molar-refractivity contribution < 1.29 is 51.7 Å². The van der Waals surface area contributed by atoms with E-state index in [0.717, 1.165) is 36.1 Å². The van der Waals surface area contributed by atoms with Crippen molar-refractivity contribution in [2.75, 3.05) is 18.4 Å². The molecule has 0 radical (unpaired) electrons. The fourth-order valence-electron chi connectivity index (χ4n) is 8.57. The molecule has 0 saturated heterocycles. The first-order valence-corrected chi connectivity index (χ1v) is 63.2. The molecular formula is C91H156Hf2N4Si7-4. The first-order chi connectivity index (χ1) is 44.9. The zero-order valence-electron chi connectivity index (χ0n) is 73.4. The number of aromatic nitrogens is 2. The molecule has 0 spiro atoms. The molecule has 0 aliphatic carbocycles. The molecule has 0 aliphatic heterocycles. The van der Waals surface area contributed by atoms with Crippen molar-refractivity contribution in [3.8, 4) is 22.5 Å². The second kappa shape index (κ2) is 44.5. The SMILES string of the molecule is C.CC(C)CNc1cccc(-c2c3ccc(C(C)(C)C)cc3cc3ccc(C(C)(C)C)cc23)n1.CC(C)C[N-]c1cccc(-c2c3ccc(C(C)(C)C)cc3cc3ccc(C(C)(C)C)cc23)n1.[CH2-][Si](C)(C)C.[CH2-][Si](C)(C)C.[CH2-][Si](C)(C)C.[CH2-][Si](C)(C)C.[CH2-][Si](C)(C)C.[CH2-][Si](C)(C)C.[CH2-][Si](C)(C)C.[Hf+4].[Hf]. The predicted molar refractivity (Wildman–Crippen MR) is 498 cm³/mol. The van der Waals surface area contributed by atoms with Crippen LogP contribution >= 0.6 is 0 Å². The number of nitrogens with one attached hydrogen (secondary N) is 1. The smallest absolute Gasteiger partial charge is 0.465 e. The zero-order valence-corrected chi connectivity index (χ0v) is 87.6. The molecule has 0 saturated carbocycles. The Balaban J connectivity index is -0.000000648. The van der Waals surface area contributed by atoms with Crippen molar-refractivity contribution >= 4 is 111 Å². The van der Waals surface area contributed by atoms with E-state index in [1.54, 1.807) is 0 Å². The number of hydrogen-bond acceptors (Lipinski definition) is 3. The normalized spacial score (nSPS) is 12.1. The van der Waals surface area contributed by atoms with Crippen LogP contribution in [0.5, 0.6) is 0 Å². The summed E-state index contributed by atoms with van der Waals surface area (Å²) >= 11 is 0. The molecule has 1 N–H and O–H groups in total. The van der Waals surface area contributed by atoms with E-state index >= 15 is 0 Å². The predicted octanol–water partition coefficient (Wildman–Crippen LogP) is 30.5. The van der Waals surface area contributed by atoms with Crippen molar-refractivity contribution in [3.05, 3.63) is 195 Å². The summed E-state index contributed by atoms with van der Waals surface area (Å²) in [6.07, 6.45) is 0. The summed E-state index contributed by atoms with van der Waals surface area (Å²) in [7, 11) is -6.03. The van der Waals surface area contributed by atoms with Gasteiger partial charge in [0.25, 0.3) is 0 Å². The number of nitrogens with zero attached hydrogens (tertiary/aromatic N) is 3. The summed E-state index contributed by atoms with van der Waals surface area (Å²) in [5, 5.41) is 18.3. The first-order valence-electron chi connectivity index (χ1n) is 37.2. The molecule has 4 nitrogen and oxygen atoms in total. The number of hydrogen-bond donors (Lipinski definition) is 1. The van der Waals surface area contributed by atoms with Crippen LogP contribution in [0.3, 0.4) is 0 Å². The van der Waals surface area contributed by atoms with E-state index in [2.05, 4.69) is 415 Å². The Kier molecular flexibility index (Phi) is 46.2. The van der Waals surface area contributed by atoms with E-state index in [0.29, 0.717) is 11.8 Å². The van der Waals surface area contributed by atoms with Gasteiger partial charge in [-0.2, -0.15) is 0 Å². The molecule has 0 amide bonds. The van der Waals surface area contributed by atoms with Crippen LogP contribution in [0.4, 0.5) is 11.6 Å². The third-order valence-electron chi connectivity index (χ3n) is 12.7. The second-order valence-corrected chi connectivity index (χ2v) is 77.3. The van der Waals surface area contributed by atoms with Gasteiger partial charge in [0.2, 0.25) is 0 Å².